The van der Waals surface area contributed by atoms with Crippen LogP contribution >= 0.6 is 0 Å². The summed E-state index contributed by atoms with van der Waals surface area (Å²) in [5.41, 5.74) is 2.71. The van der Waals surface area contributed by atoms with Crippen molar-refractivity contribution in [2.24, 2.45) is 0 Å². The SMILES string of the molecule is Cc1cc(C(=O)NCCS(C)(=O)=O)c(C)n1C1CC1. The van der Waals surface area contributed by atoms with E-state index in [2.05, 4.69) is 9.88 Å². The van der Waals surface area contributed by atoms with Crippen LogP contribution < -0.4 is 5.32 Å². The molecule has 0 unspecified atom stereocenters. The van der Waals surface area contributed by atoms with Gasteiger partial charge in [0.1, 0.15) is 9.84 Å². The molecule has 1 aromatic heterocycles. The normalized spacial score (nSPS) is 15.5. The molecule has 0 radical (unpaired) electrons. The van der Waals surface area contributed by atoms with Gasteiger partial charge in [-0.15, -0.1) is 0 Å². The second-order valence-corrected chi connectivity index (χ2v) is 7.53. The van der Waals surface area contributed by atoms with Crippen molar-refractivity contribution in [3.05, 3.63) is 23.0 Å². The summed E-state index contributed by atoms with van der Waals surface area (Å²) in [5.74, 6) is -0.219. The molecule has 1 aromatic rings. The van der Waals surface area contributed by atoms with Crippen LogP contribution in [0.4, 0.5) is 0 Å². The van der Waals surface area contributed by atoms with Crippen LogP contribution in [0.15, 0.2) is 6.07 Å². The Labute approximate surface area is 113 Å². The standard InChI is InChI=1S/C13H20N2O3S/c1-9-8-12(10(2)15(9)11-4-5-11)13(16)14-6-7-19(3,17)18/h8,11H,4-7H2,1-3H3,(H,14,16). The van der Waals surface area contributed by atoms with Crippen LogP contribution in [-0.4, -0.2) is 37.4 Å². The van der Waals surface area contributed by atoms with Crippen molar-refractivity contribution in [3.63, 3.8) is 0 Å². The number of rotatable bonds is 5. The van der Waals surface area contributed by atoms with E-state index in [1.165, 1.54) is 12.8 Å². The molecule has 1 heterocycles. The number of amides is 1. The highest BCUT2D eigenvalue weighted by Gasteiger charge is 2.28. The lowest BCUT2D eigenvalue weighted by Crippen LogP contribution is -2.29. The second-order valence-electron chi connectivity index (χ2n) is 5.27. The third kappa shape index (κ3) is 3.37. The van der Waals surface area contributed by atoms with Gasteiger partial charge in [0.25, 0.3) is 5.91 Å². The molecule has 0 aromatic carbocycles. The fraction of sp³-hybridized carbons (Fsp3) is 0.615. The number of nitrogens with one attached hydrogen (secondary N) is 1. The number of hydrogen-bond acceptors (Lipinski definition) is 3. The van der Waals surface area contributed by atoms with Crippen LogP contribution in [0.5, 0.6) is 0 Å². The van der Waals surface area contributed by atoms with Crippen molar-refractivity contribution in [2.75, 3.05) is 18.6 Å². The molecular weight excluding hydrogens is 264 g/mol. The lowest BCUT2D eigenvalue weighted by molar-refractivity contribution is 0.0955. The van der Waals surface area contributed by atoms with Gasteiger partial charge in [0.15, 0.2) is 0 Å². The maximum Gasteiger partial charge on any atom is 0.253 e. The fourth-order valence-electron chi connectivity index (χ4n) is 2.35. The van der Waals surface area contributed by atoms with E-state index in [-0.39, 0.29) is 18.2 Å². The monoisotopic (exact) mass is 284 g/mol. The third-order valence-corrected chi connectivity index (χ3v) is 4.35. The minimum Gasteiger partial charge on any atom is -0.351 e. The van der Waals surface area contributed by atoms with Crippen LogP contribution in [0.2, 0.25) is 0 Å². The number of sulfone groups is 1. The first kappa shape index (κ1) is 14.1. The van der Waals surface area contributed by atoms with Gasteiger partial charge in [-0.1, -0.05) is 0 Å². The largest absolute Gasteiger partial charge is 0.351 e. The summed E-state index contributed by atoms with van der Waals surface area (Å²) in [5, 5.41) is 2.66. The van der Waals surface area contributed by atoms with E-state index in [0.29, 0.717) is 11.6 Å². The topological polar surface area (TPSA) is 68.2 Å². The molecule has 0 bridgehead atoms. The molecule has 19 heavy (non-hydrogen) atoms. The first-order valence-corrected chi connectivity index (χ1v) is 8.50. The van der Waals surface area contributed by atoms with E-state index in [9.17, 15) is 13.2 Å². The fourth-order valence-corrected chi connectivity index (χ4v) is 2.82. The third-order valence-electron chi connectivity index (χ3n) is 3.40. The number of aromatic nitrogens is 1. The first-order chi connectivity index (χ1) is 8.79. The van der Waals surface area contributed by atoms with Gasteiger partial charge in [0.2, 0.25) is 0 Å². The Kier molecular flexibility index (Phi) is 3.71. The molecule has 2 rings (SSSR count). The smallest absolute Gasteiger partial charge is 0.253 e. The van der Waals surface area contributed by atoms with Crippen molar-refractivity contribution in [3.8, 4) is 0 Å². The lowest BCUT2D eigenvalue weighted by Gasteiger charge is -2.08. The number of hydrogen-bond donors (Lipinski definition) is 1. The molecule has 0 saturated heterocycles. The van der Waals surface area contributed by atoms with E-state index in [0.717, 1.165) is 17.6 Å². The van der Waals surface area contributed by atoms with E-state index >= 15 is 0 Å². The minimum absolute atomic E-state index is 0.0277. The average Bonchev–Trinajstić information content (AvgIpc) is 3.04. The van der Waals surface area contributed by atoms with Crippen molar-refractivity contribution in [1.82, 2.24) is 9.88 Å². The van der Waals surface area contributed by atoms with Crippen LogP contribution in [-0.2, 0) is 9.84 Å². The molecule has 6 heteroatoms. The van der Waals surface area contributed by atoms with Crippen LogP contribution in [0.25, 0.3) is 0 Å². The average molecular weight is 284 g/mol. The quantitative estimate of drug-likeness (QED) is 0.884. The van der Waals surface area contributed by atoms with Gasteiger partial charge in [-0.3, -0.25) is 4.79 Å². The van der Waals surface area contributed by atoms with Crippen LogP contribution in [0.3, 0.4) is 0 Å². The summed E-state index contributed by atoms with van der Waals surface area (Å²) in [6.07, 6.45) is 3.51. The van der Waals surface area contributed by atoms with Gasteiger partial charge in [-0.25, -0.2) is 8.42 Å². The summed E-state index contributed by atoms with van der Waals surface area (Å²) in [7, 11) is -3.04. The summed E-state index contributed by atoms with van der Waals surface area (Å²) in [4.78, 5) is 12.0. The number of aryl methyl sites for hydroxylation is 1. The van der Waals surface area contributed by atoms with Crippen LogP contribution in [0, 0.1) is 13.8 Å². The zero-order valence-electron chi connectivity index (χ0n) is 11.6. The molecule has 1 aliphatic carbocycles. The molecule has 0 aliphatic heterocycles. The van der Waals surface area contributed by atoms with E-state index in [1.807, 2.05) is 19.9 Å². The minimum atomic E-state index is -3.04. The Hall–Kier alpha value is -1.30. The van der Waals surface area contributed by atoms with Crippen molar-refractivity contribution < 1.29 is 13.2 Å². The highest BCUT2D eigenvalue weighted by Crippen LogP contribution is 2.38. The number of carbonyl (C=O) groups excluding carboxylic acids is 1. The molecule has 0 atom stereocenters. The highest BCUT2D eigenvalue weighted by molar-refractivity contribution is 7.90. The van der Waals surface area contributed by atoms with Crippen molar-refractivity contribution in [1.29, 1.82) is 0 Å². The van der Waals surface area contributed by atoms with Gasteiger partial charge >= 0.3 is 0 Å². The summed E-state index contributed by atoms with van der Waals surface area (Å²) in [6, 6.07) is 2.42. The van der Waals surface area contributed by atoms with Gasteiger partial charge in [0, 0.05) is 30.2 Å². The van der Waals surface area contributed by atoms with Crippen molar-refractivity contribution in [2.45, 2.75) is 32.7 Å². The number of nitrogens with zero attached hydrogens (tertiary/aromatic N) is 1. The highest BCUT2D eigenvalue weighted by atomic mass is 32.2. The molecule has 5 nitrogen and oxygen atoms in total. The maximum atomic E-state index is 12.0. The summed E-state index contributed by atoms with van der Waals surface area (Å²) >= 11 is 0. The molecule has 0 spiro atoms. The predicted molar refractivity (Wildman–Crippen MR) is 74.2 cm³/mol. The Morgan fingerprint density at radius 3 is 2.58 bits per heavy atom. The van der Waals surface area contributed by atoms with Gasteiger partial charge in [-0.2, -0.15) is 0 Å². The van der Waals surface area contributed by atoms with Gasteiger partial charge in [0.05, 0.1) is 11.3 Å². The Bertz CT molecular complexity index is 598. The molecule has 1 amide bonds. The lowest BCUT2D eigenvalue weighted by atomic mass is 10.2. The number of carbonyl (C=O) groups is 1. The molecular formula is C13H20N2O3S. The maximum absolute atomic E-state index is 12.0. The summed E-state index contributed by atoms with van der Waals surface area (Å²) < 4.78 is 24.2. The Balaban J connectivity index is 2.05. The zero-order chi connectivity index (χ0) is 14.2. The first-order valence-electron chi connectivity index (χ1n) is 6.44. The predicted octanol–water partition coefficient (Wildman–Crippen LogP) is 1.21. The van der Waals surface area contributed by atoms with Crippen molar-refractivity contribution >= 4 is 15.7 Å². The molecule has 1 saturated carbocycles. The second kappa shape index (κ2) is 5.00. The zero-order valence-corrected chi connectivity index (χ0v) is 12.4. The summed E-state index contributed by atoms with van der Waals surface area (Å²) in [6.45, 7) is 4.10. The van der Waals surface area contributed by atoms with E-state index in [1.54, 1.807) is 0 Å². The Morgan fingerprint density at radius 1 is 1.42 bits per heavy atom. The van der Waals surface area contributed by atoms with Gasteiger partial charge in [-0.05, 0) is 32.8 Å². The van der Waals surface area contributed by atoms with E-state index < -0.39 is 9.84 Å². The molecule has 1 N–H and O–H groups in total. The van der Waals surface area contributed by atoms with Gasteiger partial charge < -0.3 is 9.88 Å². The van der Waals surface area contributed by atoms with E-state index in [4.69, 9.17) is 0 Å². The van der Waals surface area contributed by atoms with Crippen LogP contribution in [0.1, 0.15) is 40.6 Å². The Morgan fingerprint density at radius 2 is 2.05 bits per heavy atom. The molecule has 1 fully saturated rings. The molecule has 106 valence electrons. The molecule has 1 aliphatic rings.